The van der Waals surface area contributed by atoms with Gasteiger partial charge in [0.1, 0.15) is 5.82 Å². The van der Waals surface area contributed by atoms with Crippen LogP contribution in [0.3, 0.4) is 0 Å². The summed E-state index contributed by atoms with van der Waals surface area (Å²) in [7, 11) is 1.31. The molecule has 0 heterocycles. The van der Waals surface area contributed by atoms with E-state index in [1.165, 1.54) is 19.2 Å². The van der Waals surface area contributed by atoms with E-state index in [1.54, 1.807) is 12.1 Å². The second-order valence-corrected chi connectivity index (χ2v) is 4.33. The third-order valence-corrected chi connectivity index (χ3v) is 3.02. The van der Waals surface area contributed by atoms with Crippen molar-refractivity contribution in [3.63, 3.8) is 0 Å². The molecule has 0 unspecified atom stereocenters. The molecule has 0 saturated carbocycles. The van der Waals surface area contributed by atoms with Crippen molar-refractivity contribution in [2.45, 2.75) is 12.8 Å². The first-order valence-corrected chi connectivity index (χ1v) is 6.07. The first-order chi connectivity index (χ1) is 9.15. The molecule has 0 bridgehead atoms. The van der Waals surface area contributed by atoms with Crippen LogP contribution < -0.4 is 0 Å². The number of carbonyl (C=O) groups is 1. The standard InChI is InChI=1S/C16H15FO2/c1-3-4-5-11-8-12-6-7-13(16(18)19-2)10-14(12)15(17)9-11/h3,6-10H,1,4-5H2,2H3. The highest BCUT2D eigenvalue weighted by Crippen LogP contribution is 2.22. The molecule has 0 aromatic heterocycles. The molecular weight excluding hydrogens is 243 g/mol. The molecule has 0 N–H and O–H groups in total. The maximum Gasteiger partial charge on any atom is 0.337 e. The van der Waals surface area contributed by atoms with Crippen molar-refractivity contribution < 1.29 is 13.9 Å². The summed E-state index contributed by atoms with van der Waals surface area (Å²) < 4.78 is 18.7. The first-order valence-electron chi connectivity index (χ1n) is 6.07. The molecule has 2 aromatic rings. The lowest BCUT2D eigenvalue weighted by molar-refractivity contribution is 0.0601. The van der Waals surface area contributed by atoms with E-state index >= 15 is 0 Å². The Labute approximate surface area is 111 Å². The number of halogens is 1. The minimum atomic E-state index is -0.461. The summed E-state index contributed by atoms with van der Waals surface area (Å²) in [5.41, 5.74) is 1.28. The molecule has 3 heteroatoms. The number of carbonyl (C=O) groups excluding carboxylic acids is 1. The van der Waals surface area contributed by atoms with Crippen molar-refractivity contribution in [1.82, 2.24) is 0 Å². The SMILES string of the molecule is C=CCCc1cc(F)c2cc(C(=O)OC)ccc2c1. The molecule has 0 aliphatic carbocycles. The molecule has 2 rings (SSSR count). The predicted molar refractivity (Wildman–Crippen MR) is 73.8 cm³/mol. The lowest BCUT2D eigenvalue weighted by Crippen LogP contribution is -2.01. The number of esters is 1. The van der Waals surface area contributed by atoms with Crippen molar-refractivity contribution in [2.75, 3.05) is 7.11 Å². The summed E-state index contributed by atoms with van der Waals surface area (Å²) in [5, 5.41) is 1.22. The van der Waals surface area contributed by atoms with Gasteiger partial charge in [0.05, 0.1) is 12.7 Å². The van der Waals surface area contributed by atoms with E-state index in [1.807, 2.05) is 12.1 Å². The number of ether oxygens (including phenoxy) is 1. The van der Waals surface area contributed by atoms with Gasteiger partial charge >= 0.3 is 5.97 Å². The number of fused-ring (bicyclic) bond motifs is 1. The highest BCUT2D eigenvalue weighted by Gasteiger charge is 2.09. The van der Waals surface area contributed by atoms with Gasteiger partial charge in [0.25, 0.3) is 0 Å². The number of aryl methyl sites for hydroxylation is 1. The maximum atomic E-state index is 14.0. The van der Waals surface area contributed by atoms with Crippen LogP contribution in [-0.2, 0) is 11.2 Å². The van der Waals surface area contributed by atoms with E-state index in [0.29, 0.717) is 10.9 Å². The Morgan fingerprint density at radius 2 is 2.16 bits per heavy atom. The van der Waals surface area contributed by atoms with Crippen LogP contribution in [0.2, 0.25) is 0 Å². The topological polar surface area (TPSA) is 26.3 Å². The van der Waals surface area contributed by atoms with Crippen molar-refractivity contribution in [1.29, 1.82) is 0 Å². The van der Waals surface area contributed by atoms with Gasteiger partial charge in [0.15, 0.2) is 0 Å². The average Bonchev–Trinajstić information content (AvgIpc) is 2.44. The largest absolute Gasteiger partial charge is 0.465 e. The molecule has 2 nitrogen and oxygen atoms in total. The highest BCUT2D eigenvalue weighted by atomic mass is 19.1. The van der Waals surface area contributed by atoms with Crippen LogP contribution in [0.25, 0.3) is 10.8 Å². The van der Waals surface area contributed by atoms with E-state index in [4.69, 9.17) is 0 Å². The minimum absolute atomic E-state index is 0.317. The fourth-order valence-electron chi connectivity index (χ4n) is 2.03. The summed E-state index contributed by atoms with van der Waals surface area (Å²) in [6.07, 6.45) is 3.38. The number of hydrogen-bond acceptors (Lipinski definition) is 2. The quantitative estimate of drug-likeness (QED) is 0.614. The number of allylic oxidation sites excluding steroid dienone is 1. The van der Waals surface area contributed by atoms with Crippen LogP contribution in [0.15, 0.2) is 43.0 Å². The monoisotopic (exact) mass is 258 g/mol. The van der Waals surface area contributed by atoms with Gasteiger partial charge in [-0.2, -0.15) is 0 Å². The Hall–Kier alpha value is -2.16. The smallest absolute Gasteiger partial charge is 0.337 e. The van der Waals surface area contributed by atoms with Gasteiger partial charge in [-0.25, -0.2) is 9.18 Å². The second-order valence-electron chi connectivity index (χ2n) is 4.33. The van der Waals surface area contributed by atoms with Gasteiger partial charge in [-0.1, -0.05) is 18.2 Å². The van der Waals surface area contributed by atoms with Crippen LogP contribution >= 0.6 is 0 Å². The zero-order chi connectivity index (χ0) is 13.8. The number of benzene rings is 2. The lowest BCUT2D eigenvalue weighted by atomic mass is 10.0. The summed E-state index contributed by atoms with van der Waals surface area (Å²) in [6.45, 7) is 3.66. The average molecular weight is 258 g/mol. The third-order valence-electron chi connectivity index (χ3n) is 3.02. The molecule has 2 aromatic carbocycles. The number of hydrogen-bond donors (Lipinski definition) is 0. The number of rotatable bonds is 4. The Morgan fingerprint density at radius 3 is 2.84 bits per heavy atom. The van der Waals surface area contributed by atoms with Gasteiger partial charge < -0.3 is 4.74 Å². The number of methoxy groups -OCH3 is 1. The fraction of sp³-hybridized carbons (Fsp3) is 0.188. The van der Waals surface area contributed by atoms with Crippen molar-refractivity contribution in [3.05, 3.63) is 59.9 Å². The van der Waals surface area contributed by atoms with Gasteiger partial charge in [0.2, 0.25) is 0 Å². The zero-order valence-corrected chi connectivity index (χ0v) is 10.8. The van der Waals surface area contributed by atoms with Gasteiger partial charge in [-0.05, 0) is 42.0 Å². The summed E-state index contributed by atoms with van der Waals surface area (Å²) >= 11 is 0. The molecule has 0 fully saturated rings. The molecule has 0 saturated heterocycles. The first kappa shape index (κ1) is 13.3. The Kier molecular flexibility index (Phi) is 3.95. The third kappa shape index (κ3) is 2.81. The molecular formula is C16H15FO2. The molecule has 0 amide bonds. The maximum absolute atomic E-state index is 14.0. The van der Waals surface area contributed by atoms with Crippen molar-refractivity contribution in [2.24, 2.45) is 0 Å². The highest BCUT2D eigenvalue weighted by molar-refractivity contribution is 5.95. The molecule has 98 valence electrons. The minimum Gasteiger partial charge on any atom is -0.465 e. The van der Waals surface area contributed by atoms with E-state index in [9.17, 15) is 9.18 Å². The van der Waals surface area contributed by atoms with Crippen molar-refractivity contribution >= 4 is 16.7 Å². The Morgan fingerprint density at radius 1 is 1.37 bits per heavy atom. The van der Waals surface area contributed by atoms with Crippen molar-refractivity contribution in [3.8, 4) is 0 Å². The normalized spacial score (nSPS) is 10.4. The van der Waals surface area contributed by atoms with E-state index in [0.717, 1.165) is 23.8 Å². The summed E-state index contributed by atoms with van der Waals surface area (Å²) in [5.74, 6) is -0.778. The molecule has 0 radical (unpaired) electrons. The molecule has 0 atom stereocenters. The lowest BCUT2D eigenvalue weighted by Gasteiger charge is -2.06. The van der Waals surface area contributed by atoms with Gasteiger partial charge in [-0.15, -0.1) is 6.58 Å². The Bertz CT molecular complexity index is 632. The predicted octanol–water partition coefficient (Wildman–Crippen LogP) is 3.88. The Balaban J connectivity index is 2.47. The van der Waals surface area contributed by atoms with Crippen LogP contribution in [-0.4, -0.2) is 13.1 Å². The van der Waals surface area contributed by atoms with Gasteiger partial charge in [0, 0.05) is 5.39 Å². The summed E-state index contributed by atoms with van der Waals surface area (Å²) in [6, 6.07) is 8.34. The fourth-order valence-corrected chi connectivity index (χ4v) is 2.03. The second kappa shape index (κ2) is 5.65. The van der Waals surface area contributed by atoms with Crippen LogP contribution in [0, 0.1) is 5.82 Å². The zero-order valence-electron chi connectivity index (χ0n) is 10.8. The van der Waals surface area contributed by atoms with E-state index < -0.39 is 5.97 Å². The van der Waals surface area contributed by atoms with Crippen LogP contribution in [0.4, 0.5) is 4.39 Å². The summed E-state index contributed by atoms with van der Waals surface area (Å²) in [4.78, 5) is 11.4. The van der Waals surface area contributed by atoms with E-state index in [-0.39, 0.29) is 5.82 Å². The molecule has 0 aliphatic heterocycles. The van der Waals surface area contributed by atoms with Crippen LogP contribution in [0.1, 0.15) is 22.3 Å². The van der Waals surface area contributed by atoms with Crippen LogP contribution in [0.5, 0.6) is 0 Å². The van der Waals surface area contributed by atoms with E-state index in [2.05, 4.69) is 11.3 Å². The molecule has 0 spiro atoms. The van der Waals surface area contributed by atoms with Gasteiger partial charge in [-0.3, -0.25) is 0 Å². The molecule has 19 heavy (non-hydrogen) atoms. The molecule has 0 aliphatic rings.